The molecule has 0 saturated carbocycles. The summed E-state index contributed by atoms with van der Waals surface area (Å²) in [5, 5.41) is 3.20. The molecular formula is C36H42BrClN2O5. The summed E-state index contributed by atoms with van der Waals surface area (Å²) in [6.45, 7) is 13.4. The molecule has 2 aliphatic carbocycles. The van der Waals surface area contributed by atoms with Crippen LogP contribution in [0.4, 0.5) is 5.69 Å². The first-order valence-corrected chi connectivity index (χ1v) is 16.9. The van der Waals surface area contributed by atoms with Crippen molar-refractivity contribution in [3.05, 3.63) is 74.0 Å². The van der Waals surface area contributed by atoms with Crippen LogP contribution in [0.1, 0.15) is 85.1 Å². The number of para-hydroxylation sites is 1. The van der Waals surface area contributed by atoms with E-state index in [1.54, 1.807) is 24.3 Å². The van der Waals surface area contributed by atoms with Gasteiger partial charge in [-0.15, -0.1) is 0 Å². The molecule has 2 aromatic carbocycles. The number of benzene rings is 2. The zero-order valence-electron chi connectivity index (χ0n) is 26.9. The third-order valence-electron chi connectivity index (χ3n) is 8.63. The van der Waals surface area contributed by atoms with Crippen molar-refractivity contribution in [3.63, 3.8) is 0 Å². The molecule has 3 aliphatic rings. The number of carbonyl (C=O) groups excluding carboxylic acids is 3. The molecule has 0 fully saturated rings. The average Bonchev–Trinajstić information content (AvgIpc) is 2.93. The number of hydrogen-bond donors (Lipinski definition) is 1. The summed E-state index contributed by atoms with van der Waals surface area (Å²) in [6.07, 6.45) is 3.27. The number of hydrogen-bond acceptors (Lipinski definition) is 6. The third-order valence-corrected chi connectivity index (χ3v) is 9.55. The number of rotatable bonds is 9. The molecule has 45 heavy (non-hydrogen) atoms. The number of Topliss-reactive ketones (excluding diaryl/α,β-unsaturated/α-hetero) is 2. The minimum Gasteiger partial charge on any atom is -0.490 e. The molecule has 0 radical (unpaired) electrons. The van der Waals surface area contributed by atoms with Crippen molar-refractivity contribution < 1.29 is 23.9 Å². The van der Waals surface area contributed by atoms with Gasteiger partial charge in [0.25, 0.3) is 5.91 Å². The van der Waals surface area contributed by atoms with Crippen LogP contribution in [0.5, 0.6) is 11.5 Å². The van der Waals surface area contributed by atoms with Gasteiger partial charge in [0.05, 0.1) is 21.8 Å². The van der Waals surface area contributed by atoms with Gasteiger partial charge in [-0.2, -0.15) is 0 Å². The number of ketones is 2. The van der Waals surface area contributed by atoms with E-state index in [0.717, 1.165) is 53.9 Å². The number of anilines is 1. The average molecular weight is 698 g/mol. The molecule has 5 rings (SSSR count). The highest BCUT2D eigenvalue weighted by molar-refractivity contribution is 9.10. The molecule has 2 aromatic rings. The topological polar surface area (TPSA) is 84.9 Å². The van der Waals surface area contributed by atoms with Gasteiger partial charge in [-0.05, 0) is 82.8 Å². The van der Waals surface area contributed by atoms with Gasteiger partial charge in [-0.3, -0.25) is 14.4 Å². The quantitative estimate of drug-likeness (QED) is 0.283. The second kappa shape index (κ2) is 13.0. The highest BCUT2D eigenvalue weighted by Crippen LogP contribution is 2.55. The lowest BCUT2D eigenvalue weighted by Crippen LogP contribution is -2.44. The van der Waals surface area contributed by atoms with Gasteiger partial charge in [0, 0.05) is 47.8 Å². The molecule has 1 heterocycles. The Balaban J connectivity index is 1.58. The highest BCUT2D eigenvalue weighted by atomic mass is 79.9. The first-order chi connectivity index (χ1) is 21.2. The molecule has 0 bridgehead atoms. The van der Waals surface area contributed by atoms with Gasteiger partial charge in [0.15, 0.2) is 29.7 Å². The Morgan fingerprint density at radius 1 is 0.956 bits per heavy atom. The Labute approximate surface area is 279 Å². The van der Waals surface area contributed by atoms with E-state index >= 15 is 0 Å². The number of ether oxygens (including phenoxy) is 2. The molecule has 0 spiro atoms. The third kappa shape index (κ3) is 6.87. The van der Waals surface area contributed by atoms with E-state index in [2.05, 4.69) is 60.8 Å². The lowest BCUT2D eigenvalue weighted by atomic mass is 9.63. The van der Waals surface area contributed by atoms with Crippen LogP contribution in [-0.4, -0.2) is 42.1 Å². The summed E-state index contributed by atoms with van der Waals surface area (Å²) >= 11 is 9.87. The summed E-state index contributed by atoms with van der Waals surface area (Å²) in [5.41, 5.74) is 4.44. The monoisotopic (exact) mass is 696 g/mol. The molecule has 0 atom stereocenters. The molecular weight excluding hydrogens is 656 g/mol. The molecule has 0 saturated heterocycles. The Hall–Kier alpha value is -3.10. The first kappa shape index (κ1) is 33.3. The van der Waals surface area contributed by atoms with Crippen LogP contribution in [-0.2, 0) is 14.4 Å². The number of nitrogens with zero attached hydrogens (tertiary/aromatic N) is 1. The fourth-order valence-corrected chi connectivity index (χ4v) is 7.68. The van der Waals surface area contributed by atoms with Crippen molar-refractivity contribution in [2.45, 2.75) is 79.6 Å². The van der Waals surface area contributed by atoms with Gasteiger partial charge < -0.3 is 19.7 Å². The Morgan fingerprint density at radius 3 is 2.11 bits per heavy atom. The van der Waals surface area contributed by atoms with Crippen LogP contribution in [0, 0.1) is 10.8 Å². The standard InChI is InChI=1S/C36H42BrClN2O5/c1-7-13-40-25-16-35(3,4)18-27(41)32(25)31(33-26(40)17-36(5,6)19-28(33)42)21-14-22(37)34(29(15-21)44-8-2)45-20-30(43)39-24-12-10-9-11-23(24)38/h9-12,14-15,31H,7-8,13,16-20H2,1-6H3,(H,39,43). The van der Waals surface area contributed by atoms with Gasteiger partial charge in [0.2, 0.25) is 0 Å². The van der Waals surface area contributed by atoms with Crippen molar-refractivity contribution in [2.75, 3.05) is 25.1 Å². The predicted molar refractivity (Wildman–Crippen MR) is 181 cm³/mol. The van der Waals surface area contributed by atoms with Crippen LogP contribution in [0.3, 0.4) is 0 Å². The molecule has 1 N–H and O–H groups in total. The Kier molecular flexibility index (Phi) is 9.58. The van der Waals surface area contributed by atoms with Crippen LogP contribution in [0.2, 0.25) is 5.02 Å². The van der Waals surface area contributed by atoms with Crippen LogP contribution < -0.4 is 14.8 Å². The molecule has 240 valence electrons. The second-order valence-corrected chi connectivity index (χ2v) is 15.0. The van der Waals surface area contributed by atoms with Gasteiger partial charge in [-0.1, -0.05) is 58.4 Å². The fourth-order valence-electron chi connectivity index (χ4n) is 6.92. The second-order valence-electron chi connectivity index (χ2n) is 13.8. The van der Waals surface area contributed by atoms with E-state index in [1.807, 2.05) is 19.1 Å². The zero-order chi connectivity index (χ0) is 32.7. The molecule has 0 unspecified atom stereocenters. The number of nitrogens with one attached hydrogen (secondary N) is 1. The number of halogens is 2. The smallest absolute Gasteiger partial charge is 0.262 e. The summed E-state index contributed by atoms with van der Waals surface area (Å²) in [4.78, 5) is 43.2. The predicted octanol–water partition coefficient (Wildman–Crippen LogP) is 8.61. The zero-order valence-corrected chi connectivity index (χ0v) is 29.3. The van der Waals surface area contributed by atoms with E-state index in [0.29, 0.717) is 46.1 Å². The minimum absolute atomic E-state index is 0.0854. The maximum atomic E-state index is 14.1. The lowest BCUT2D eigenvalue weighted by Gasteiger charge is -2.49. The summed E-state index contributed by atoms with van der Waals surface area (Å²) in [6, 6.07) is 10.8. The maximum Gasteiger partial charge on any atom is 0.262 e. The number of allylic oxidation sites excluding steroid dienone is 4. The Morgan fingerprint density at radius 2 is 1.56 bits per heavy atom. The number of carbonyl (C=O) groups is 3. The molecule has 1 aliphatic heterocycles. The van der Waals surface area contributed by atoms with Crippen molar-refractivity contribution >= 4 is 50.7 Å². The SMILES string of the molecule is CCCN1C2=C(C(=O)CC(C)(C)C2)C(c2cc(Br)c(OCC(=O)Nc3ccccc3Cl)c(OCC)c2)C2=C1CC(C)(C)CC2=O. The molecule has 0 aromatic heterocycles. The molecule has 7 nitrogen and oxygen atoms in total. The van der Waals surface area contributed by atoms with Crippen LogP contribution >= 0.6 is 27.5 Å². The van der Waals surface area contributed by atoms with Crippen LogP contribution in [0.25, 0.3) is 0 Å². The van der Waals surface area contributed by atoms with E-state index in [-0.39, 0.29) is 34.9 Å². The van der Waals surface area contributed by atoms with Gasteiger partial charge in [-0.25, -0.2) is 0 Å². The van der Waals surface area contributed by atoms with E-state index in [1.165, 1.54) is 0 Å². The summed E-state index contributed by atoms with van der Waals surface area (Å²) in [5.74, 6) is 0.0850. The van der Waals surface area contributed by atoms with Crippen LogP contribution in [0.15, 0.2) is 63.4 Å². The van der Waals surface area contributed by atoms with Gasteiger partial charge >= 0.3 is 0 Å². The largest absolute Gasteiger partial charge is 0.490 e. The molecule has 1 amide bonds. The van der Waals surface area contributed by atoms with E-state index in [9.17, 15) is 14.4 Å². The first-order valence-electron chi connectivity index (χ1n) is 15.7. The maximum absolute atomic E-state index is 14.1. The summed E-state index contributed by atoms with van der Waals surface area (Å²) in [7, 11) is 0. The normalized spacial score (nSPS) is 19.3. The van der Waals surface area contributed by atoms with Crippen molar-refractivity contribution in [2.24, 2.45) is 10.8 Å². The molecule has 9 heteroatoms. The van der Waals surface area contributed by atoms with Crippen molar-refractivity contribution in [3.8, 4) is 11.5 Å². The summed E-state index contributed by atoms with van der Waals surface area (Å²) < 4.78 is 12.6. The van der Waals surface area contributed by atoms with E-state index < -0.39 is 5.92 Å². The van der Waals surface area contributed by atoms with Gasteiger partial charge in [0.1, 0.15) is 0 Å². The van der Waals surface area contributed by atoms with E-state index in [4.69, 9.17) is 21.1 Å². The highest BCUT2D eigenvalue weighted by Gasteiger charge is 2.49. The van der Waals surface area contributed by atoms with Crippen molar-refractivity contribution in [1.82, 2.24) is 4.90 Å². The van der Waals surface area contributed by atoms with Crippen molar-refractivity contribution in [1.29, 1.82) is 0 Å². The lowest BCUT2D eigenvalue weighted by molar-refractivity contribution is -0.120. The fraction of sp³-hybridized carbons (Fsp3) is 0.472. The Bertz CT molecular complexity index is 1550. The number of amides is 1. The minimum atomic E-state index is -0.511.